The minimum absolute atomic E-state index is 0.294. The summed E-state index contributed by atoms with van der Waals surface area (Å²) in [5.41, 5.74) is 0.413. The first-order valence-electron chi connectivity index (χ1n) is 6.18. The second kappa shape index (κ2) is 15.4. The van der Waals surface area contributed by atoms with Gasteiger partial charge in [0.25, 0.3) is 0 Å². The molecule has 0 rings (SSSR count). The molecule has 0 aromatic rings. The van der Waals surface area contributed by atoms with Gasteiger partial charge in [-0.05, 0) is 13.8 Å². The molecule has 0 heterocycles. The van der Waals surface area contributed by atoms with E-state index in [0.717, 1.165) is 6.08 Å². The fourth-order valence-corrected chi connectivity index (χ4v) is 0.745. The van der Waals surface area contributed by atoms with E-state index in [4.69, 9.17) is 4.74 Å². The number of methoxy groups -OCH3 is 1. The van der Waals surface area contributed by atoms with Crippen LogP contribution < -0.4 is 0 Å². The van der Waals surface area contributed by atoms with E-state index < -0.39 is 5.97 Å². The van der Waals surface area contributed by atoms with E-state index >= 15 is 0 Å². The van der Waals surface area contributed by atoms with Crippen LogP contribution in [0.5, 0.6) is 0 Å². The van der Waals surface area contributed by atoms with Gasteiger partial charge in [-0.25, -0.2) is 9.59 Å². The topological polar surface area (TPSA) is 71.1 Å². The summed E-state index contributed by atoms with van der Waals surface area (Å²) in [6.45, 7) is 12.3. The zero-order chi connectivity index (χ0) is 15.8. The molecule has 0 saturated heterocycles. The van der Waals surface area contributed by atoms with Crippen LogP contribution in [-0.2, 0) is 28.5 Å². The van der Waals surface area contributed by atoms with Gasteiger partial charge in [0.05, 0.1) is 13.2 Å². The molecule has 0 amide bonds. The zero-order valence-corrected chi connectivity index (χ0v) is 12.5. The molecular formula is C14H24O6. The van der Waals surface area contributed by atoms with Crippen LogP contribution in [0.3, 0.4) is 0 Å². The van der Waals surface area contributed by atoms with Crippen molar-refractivity contribution >= 4 is 11.9 Å². The van der Waals surface area contributed by atoms with Crippen molar-refractivity contribution in [1.82, 2.24) is 0 Å². The van der Waals surface area contributed by atoms with Crippen molar-refractivity contribution in [1.29, 1.82) is 0 Å². The van der Waals surface area contributed by atoms with Crippen molar-refractivity contribution in [2.75, 3.05) is 40.1 Å². The van der Waals surface area contributed by atoms with E-state index in [9.17, 15) is 9.59 Å². The Bertz CT molecular complexity index is 296. The maximum absolute atomic E-state index is 10.6. The zero-order valence-electron chi connectivity index (χ0n) is 12.5. The predicted octanol–water partition coefficient (Wildman–Crippen LogP) is 1.50. The van der Waals surface area contributed by atoms with Crippen LogP contribution in [0.4, 0.5) is 0 Å². The predicted molar refractivity (Wildman–Crippen MR) is 75.3 cm³/mol. The standard InChI is InChI=1S/2C7H12O3/c1-6(2)7(8)10-5-4-9-3;1-3-7(8)10-6-5-9-4-2/h1,4-5H2,2-3H3;3H,1,4-6H2,2H3. The van der Waals surface area contributed by atoms with Gasteiger partial charge in [-0.2, -0.15) is 0 Å². The lowest BCUT2D eigenvalue weighted by molar-refractivity contribution is -0.140. The molecule has 0 aliphatic carbocycles. The third-order valence-corrected chi connectivity index (χ3v) is 1.71. The van der Waals surface area contributed by atoms with Gasteiger partial charge >= 0.3 is 11.9 Å². The Morgan fingerprint density at radius 3 is 2.15 bits per heavy atom. The summed E-state index contributed by atoms with van der Waals surface area (Å²) in [4.78, 5) is 21.0. The van der Waals surface area contributed by atoms with Gasteiger partial charge in [0.15, 0.2) is 0 Å². The molecule has 0 aromatic heterocycles. The normalized spacial score (nSPS) is 8.95. The monoisotopic (exact) mass is 288 g/mol. The molecule has 0 saturated carbocycles. The van der Waals surface area contributed by atoms with Gasteiger partial charge in [-0.1, -0.05) is 13.2 Å². The minimum atomic E-state index is -0.403. The Labute approximate surface area is 120 Å². The number of esters is 2. The van der Waals surface area contributed by atoms with Gasteiger partial charge in [0.2, 0.25) is 0 Å². The van der Waals surface area contributed by atoms with Gasteiger partial charge < -0.3 is 18.9 Å². The van der Waals surface area contributed by atoms with Gasteiger partial charge in [-0.3, -0.25) is 0 Å². The lowest BCUT2D eigenvalue weighted by Gasteiger charge is -2.01. The minimum Gasteiger partial charge on any atom is -0.460 e. The molecular weight excluding hydrogens is 264 g/mol. The summed E-state index contributed by atoms with van der Waals surface area (Å²) in [6.07, 6.45) is 1.13. The van der Waals surface area contributed by atoms with Crippen LogP contribution in [-0.4, -0.2) is 52.1 Å². The Kier molecular flexibility index (Phi) is 15.9. The number of ether oxygens (including phenoxy) is 4. The number of hydrogen-bond acceptors (Lipinski definition) is 6. The summed E-state index contributed by atoms with van der Waals surface area (Å²) >= 11 is 0. The molecule has 0 aliphatic rings. The van der Waals surface area contributed by atoms with Crippen molar-refractivity contribution < 1.29 is 28.5 Å². The first-order valence-corrected chi connectivity index (χ1v) is 6.18. The highest BCUT2D eigenvalue weighted by Crippen LogP contribution is 1.90. The van der Waals surface area contributed by atoms with Crippen LogP contribution in [0, 0.1) is 0 Å². The van der Waals surface area contributed by atoms with E-state index in [1.54, 1.807) is 14.0 Å². The van der Waals surface area contributed by atoms with Crippen molar-refractivity contribution in [3.63, 3.8) is 0 Å². The summed E-state index contributed by atoms with van der Waals surface area (Å²) < 4.78 is 18.9. The van der Waals surface area contributed by atoms with Crippen LogP contribution in [0.15, 0.2) is 24.8 Å². The lowest BCUT2D eigenvalue weighted by atomic mass is 10.4. The quantitative estimate of drug-likeness (QED) is 0.364. The van der Waals surface area contributed by atoms with Crippen LogP contribution in [0.25, 0.3) is 0 Å². The molecule has 6 nitrogen and oxygen atoms in total. The van der Waals surface area contributed by atoms with E-state index in [-0.39, 0.29) is 5.97 Å². The highest BCUT2D eigenvalue weighted by molar-refractivity contribution is 5.86. The number of hydrogen-bond donors (Lipinski definition) is 0. The molecule has 6 heteroatoms. The molecule has 0 spiro atoms. The average Bonchev–Trinajstić information content (AvgIpc) is 2.44. The first-order chi connectivity index (χ1) is 9.49. The molecule has 116 valence electrons. The Balaban J connectivity index is 0. The number of carbonyl (C=O) groups excluding carboxylic acids is 2. The summed E-state index contributed by atoms with van der Waals surface area (Å²) in [5, 5.41) is 0. The molecule has 0 aliphatic heterocycles. The molecule has 0 unspecified atom stereocenters. The average molecular weight is 288 g/mol. The highest BCUT2D eigenvalue weighted by Gasteiger charge is 2.00. The largest absolute Gasteiger partial charge is 0.460 e. The van der Waals surface area contributed by atoms with Crippen molar-refractivity contribution in [2.45, 2.75) is 13.8 Å². The van der Waals surface area contributed by atoms with Gasteiger partial charge in [-0.15, -0.1) is 0 Å². The highest BCUT2D eigenvalue weighted by atomic mass is 16.6. The van der Waals surface area contributed by atoms with Gasteiger partial charge in [0, 0.05) is 25.4 Å². The summed E-state index contributed by atoms with van der Waals surface area (Å²) in [6, 6.07) is 0. The first kappa shape index (κ1) is 20.7. The third kappa shape index (κ3) is 16.3. The van der Waals surface area contributed by atoms with Crippen LogP contribution in [0.2, 0.25) is 0 Å². The van der Waals surface area contributed by atoms with E-state index in [1.165, 1.54) is 0 Å². The van der Waals surface area contributed by atoms with E-state index in [2.05, 4.69) is 27.4 Å². The second-order valence-corrected chi connectivity index (χ2v) is 3.48. The fraction of sp³-hybridized carbons (Fsp3) is 0.571. The molecule has 0 bridgehead atoms. The Hall–Kier alpha value is -1.66. The second-order valence-electron chi connectivity index (χ2n) is 3.48. The number of carbonyl (C=O) groups is 2. The van der Waals surface area contributed by atoms with Crippen molar-refractivity contribution in [2.24, 2.45) is 0 Å². The summed E-state index contributed by atoms with van der Waals surface area (Å²) in [5.74, 6) is -0.767. The maximum atomic E-state index is 10.6. The number of rotatable bonds is 9. The van der Waals surface area contributed by atoms with Crippen molar-refractivity contribution in [3.8, 4) is 0 Å². The van der Waals surface area contributed by atoms with E-state index in [0.29, 0.717) is 38.6 Å². The van der Waals surface area contributed by atoms with Crippen LogP contribution >= 0.6 is 0 Å². The molecule has 0 aromatic carbocycles. The molecule has 0 radical (unpaired) electrons. The smallest absolute Gasteiger partial charge is 0.333 e. The fourth-order valence-electron chi connectivity index (χ4n) is 0.745. The molecule has 20 heavy (non-hydrogen) atoms. The molecule has 0 fully saturated rings. The Morgan fingerprint density at radius 1 is 1.10 bits per heavy atom. The Morgan fingerprint density at radius 2 is 1.70 bits per heavy atom. The lowest BCUT2D eigenvalue weighted by Crippen LogP contribution is -2.09. The van der Waals surface area contributed by atoms with Crippen molar-refractivity contribution in [3.05, 3.63) is 24.8 Å². The SMILES string of the molecule is C=C(C)C(=O)OCCOC.C=CC(=O)OCCOCC. The molecule has 0 N–H and O–H groups in total. The van der Waals surface area contributed by atoms with E-state index in [1.807, 2.05) is 6.92 Å². The molecule has 0 atom stereocenters. The van der Waals surface area contributed by atoms with Gasteiger partial charge in [0.1, 0.15) is 13.2 Å². The summed E-state index contributed by atoms with van der Waals surface area (Å²) in [7, 11) is 1.55. The van der Waals surface area contributed by atoms with Crippen LogP contribution in [0.1, 0.15) is 13.8 Å². The third-order valence-electron chi connectivity index (χ3n) is 1.71. The maximum Gasteiger partial charge on any atom is 0.333 e.